The first-order chi connectivity index (χ1) is 10.1. The zero-order chi connectivity index (χ0) is 15.2. The van der Waals surface area contributed by atoms with Gasteiger partial charge in [-0.2, -0.15) is 0 Å². The van der Waals surface area contributed by atoms with Crippen LogP contribution in [0, 0.1) is 0 Å². The molecular weight excluding hydrogens is 290 g/mol. The van der Waals surface area contributed by atoms with Crippen LogP contribution in [0.2, 0.25) is 5.02 Å². The van der Waals surface area contributed by atoms with E-state index in [1.165, 1.54) is 4.68 Å². The van der Waals surface area contributed by atoms with Crippen molar-refractivity contribution in [1.82, 2.24) is 14.8 Å². The van der Waals surface area contributed by atoms with Crippen molar-refractivity contribution in [3.8, 4) is 5.82 Å². The number of hydrogen-bond donors (Lipinski definition) is 2. The fourth-order valence-electron chi connectivity index (χ4n) is 1.83. The SMILES string of the molecule is CCCCC(N)C(=O)Nc1ccn(-c2ncccc2Cl)n1. The van der Waals surface area contributed by atoms with Crippen molar-refractivity contribution in [3.63, 3.8) is 0 Å². The summed E-state index contributed by atoms with van der Waals surface area (Å²) in [4.78, 5) is 16.1. The van der Waals surface area contributed by atoms with Crippen molar-refractivity contribution in [2.75, 3.05) is 5.32 Å². The second-order valence-corrected chi connectivity index (χ2v) is 5.10. The summed E-state index contributed by atoms with van der Waals surface area (Å²) in [5.41, 5.74) is 5.81. The molecule has 0 aliphatic carbocycles. The molecule has 21 heavy (non-hydrogen) atoms. The van der Waals surface area contributed by atoms with Crippen molar-refractivity contribution in [2.24, 2.45) is 5.73 Å². The monoisotopic (exact) mass is 307 g/mol. The molecule has 0 radical (unpaired) electrons. The van der Waals surface area contributed by atoms with Gasteiger partial charge >= 0.3 is 0 Å². The van der Waals surface area contributed by atoms with Crippen LogP contribution in [0.1, 0.15) is 26.2 Å². The minimum Gasteiger partial charge on any atom is -0.320 e. The quantitative estimate of drug-likeness (QED) is 0.858. The molecule has 2 rings (SSSR count). The van der Waals surface area contributed by atoms with Crippen molar-refractivity contribution >= 4 is 23.3 Å². The highest BCUT2D eigenvalue weighted by molar-refractivity contribution is 6.32. The molecule has 7 heteroatoms. The summed E-state index contributed by atoms with van der Waals surface area (Å²) in [6.07, 6.45) is 5.90. The highest BCUT2D eigenvalue weighted by Crippen LogP contribution is 2.17. The van der Waals surface area contributed by atoms with E-state index in [1.807, 2.05) is 0 Å². The maximum atomic E-state index is 11.9. The van der Waals surface area contributed by atoms with Gasteiger partial charge in [-0.1, -0.05) is 31.4 Å². The number of nitrogens with zero attached hydrogens (tertiary/aromatic N) is 3. The smallest absolute Gasteiger partial charge is 0.242 e. The molecule has 6 nitrogen and oxygen atoms in total. The minimum absolute atomic E-state index is 0.235. The van der Waals surface area contributed by atoms with Crippen LogP contribution in [0.3, 0.4) is 0 Å². The van der Waals surface area contributed by atoms with Crippen LogP contribution in [0.15, 0.2) is 30.6 Å². The number of amides is 1. The van der Waals surface area contributed by atoms with E-state index in [0.717, 1.165) is 12.8 Å². The van der Waals surface area contributed by atoms with Gasteiger partial charge in [0.2, 0.25) is 5.91 Å². The summed E-state index contributed by atoms with van der Waals surface area (Å²) in [5.74, 6) is 0.699. The fourth-order valence-corrected chi connectivity index (χ4v) is 2.04. The van der Waals surface area contributed by atoms with E-state index in [1.54, 1.807) is 30.6 Å². The average molecular weight is 308 g/mol. The number of anilines is 1. The molecule has 3 N–H and O–H groups in total. The summed E-state index contributed by atoms with van der Waals surface area (Å²) in [5, 5.41) is 7.40. The molecule has 0 aromatic carbocycles. The molecule has 112 valence electrons. The Balaban J connectivity index is 2.04. The van der Waals surface area contributed by atoms with E-state index in [-0.39, 0.29) is 5.91 Å². The molecule has 0 saturated carbocycles. The molecule has 1 amide bonds. The topological polar surface area (TPSA) is 85.8 Å². The van der Waals surface area contributed by atoms with Crippen molar-refractivity contribution in [2.45, 2.75) is 32.2 Å². The third kappa shape index (κ3) is 4.03. The number of aromatic nitrogens is 3. The summed E-state index contributed by atoms with van der Waals surface area (Å²) in [6.45, 7) is 2.06. The molecule has 0 bridgehead atoms. The Labute approximate surface area is 128 Å². The van der Waals surface area contributed by atoms with Crippen molar-refractivity contribution < 1.29 is 4.79 Å². The predicted octanol–water partition coefficient (Wildman–Crippen LogP) is 2.38. The molecule has 0 fully saturated rings. The van der Waals surface area contributed by atoms with Crippen molar-refractivity contribution in [1.29, 1.82) is 0 Å². The molecule has 0 aliphatic heterocycles. The standard InChI is InChI=1S/C14H18ClN5O/c1-2-3-6-11(16)14(21)18-12-7-9-20(19-12)13-10(15)5-4-8-17-13/h4-5,7-9,11H,2-3,6,16H2,1H3,(H,18,19,21). The first-order valence-electron chi connectivity index (χ1n) is 6.85. The first-order valence-corrected chi connectivity index (χ1v) is 7.22. The number of nitrogens with one attached hydrogen (secondary N) is 1. The molecule has 2 heterocycles. The van der Waals surface area contributed by atoms with Gasteiger partial charge in [-0.3, -0.25) is 4.79 Å². The maximum Gasteiger partial charge on any atom is 0.242 e. The molecule has 1 unspecified atom stereocenters. The Morgan fingerprint density at radius 3 is 3.05 bits per heavy atom. The third-order valence-electron chi connectivity index (χ3n) is 3.00. The van der Waals surface area contributed by atoms with Gasteiger partial charge < -0.3 is 11.1 Å². The molecule has 1 atom stereocenters. The second-order valence-electron chi connectivity index (χ2n) is 4.69. The lowest BCUT2D eigenvalue weighted by Crippen LogP contribution is -2.35. The lowest BCUT2D eigenvalue weighted by Gasteiger charge is -2.09. The highest BCUT2D eigenvalue weighted by Gasteiger charge is 2.14. The largest absolute Gasteiger partial charge is 0.320 e. The second kappa shape index (κ2) is 7.19. The Hall–Kier alpha value is -1.92. The third-order valence-corrected chi connectivity index (χ3v) is 3.30. The molecule has 2 aromatic rings. The Morgan fingerprint density at radius 1 is 1.52 bits per heavy atom. The van der Waals surface area contributed by atoms with E-state index in [2.05, 4.69) is 22.3 Å². The van der Waals surface area contributed by atoms with Gasteiger partial charge in [0, 0.05) is 18.5 Å². The van der Waals surface area contributed by atoms with E-state index in [9.17, 15) is 4.79 Å². The summed E-state index contributed by atoms with van der Waals surface area (Å²) in [7, 11) is 0. The van der Waals surface area contributed by atoms with Crippen LogP contribution in [-0.2, 0) is 4.79 Å². The van der Waals surface area contributed by atoms with Crippen LogP contribution in [0.25, 0.3) is 5.82 Å². The lowest BCUT2D eigenvalue weighted by atomic mass is 10.1. The van der Waals surface area contributed by atoms with Gasteiger partial charge in [0.05, 0.1) is 11.1 Å². The van der Waals surface area contributed by atoms with E-state index in [4.69, 9.17) is 17.3 Å². The summed E-state index contributed by atoms with van der Waals surface area (Å²) < 4.78 is 1.51. The number of pyridine rings is 1. The molecule has 2 aromatic heterocycles. The average Bonchev–Trinajstić information content (AvgIpc) is 2.93. The molecule has 0 saturated heterocycles. The van der Waals surface area contributed by atoms with Gasteiger partial charge in [0.1, 0.15) is 0 Å². The van der Waals surface area contributed by atoms with E-state index >= 15 is 0 Å². The number of carbonyl (C=O) groups excluding carboxylic acids is 1. The number of nitrogens with two attached hydrogens (primary N) is 1. The van der Waals surface area contributed by atoms with Gasteiger partial charge in [-0.15, -0.1) is 5.10 Å². The fraction of sp³-hybridized carbons (Fsp3) is 0.357. The normalized spacial score (nSPS) is 12.1. The van der Waals surface area contributed by atoms with Gasteiger partial charge in [-0.25, -0.2) is 9.67 Å². The van der Waals surface area contributed by atoms with E-state index in [0.29, 0.717) is 23.1 Å². The summed E-state index contributed by atoms with van der Waals surface area (Å²) >= 11 is 6.05. The van der Waals surface area contributed by atoms with Gasteiger partial charge in [0.25, 0.3) is 0 Å². The van der Waals surface area contributed by atoms with Crippen LogP contribution >= 0.6 is 11.6 Å². The number of carbonyl (C=O) groups is 1. The number of rotatable bonds is 6. The zero-order valence-electron chi connectivity index (χ0n) is 11.8. The van der Waals surface area contributed by atoms with Crippen molar-refractivity contribution in [3.05, 3.63) is 35.6 Å². The predicted molar refractivity (Wildman–Crippen MR) is 82.5 cm³/mol. The van der Waals surface area contributed by atoms with Crippen LogP contribution in [0.4, 0.5) is 5.82 Å². The Kier molecular flexibility index (Phi) is 5.30. The summed E-state index contributed by atoms with van der Waals surface area (Å²) in [6, 6.07) is 4.62. The first kappa shape index (κ1) is 15.5. The van der Waals surface area contributed by atoms with Crippen LogP contribution < -0.4 is 11.1 Å². The number of halogens is 1. The van der Waals surface area contributed by atoms with Gasteiger partial charge in [-0.05, 0) is 18.6 Å². The minimum atomic E-state index is -0.520. The maximum absolute atomic E-state index is 11.9. The number of hydrogen-bond acceptors (Lipinski definition) is 4. The van der Waals surface area contributed by atoms with Crippen LogP contribution in [0.5, 0.6) is 0 Å². The molecule has 0 aliphatic rings. The highest BCUT2D eigenvalue weighted by atomic mass is 35.5. The van der Waals surface area contributed by atoms with Gasteiger partial charge in [0.15, 0.2) is 11.6 Å². The number of unbranched alkanes of at least 4 members (excludes halogenated alkanes) is 1. The van der Waals surface area contributed by atoms with E-state index < -0.39 is 6.04 Å². The lowest BCUT2D eigenvalue weighted by molar-refractivity contribution is -0.117. The Bertz CT molecular complexity index is 613. The molecule has 0 spiro atoms. The Morgan fingerprint density at radius 2 is 2.33 bits per heavy atom. The zero-order valence-corrected chi connectivity index (χ0v) is 12.5. The molecular formula is C14H18ClN5O. The van der Waals surface area contributed by atoms with Crippen LogP contribution in [-0.4, -0.2) is 26.7 Å².